The zero-order chi connectivity index (χ0) is 13.0. The summed E-state index contributed by atoms with van der Waals surface area (Å²) in [6.45, 7) is 0.423. The van der Waals surface area contributed by atoms with Gasteiger partial charge in [0.05, 0.1) is 0 Å². The van der Waals surface area contributed by atoms with Crippen LogP contribution in [0.15, 0.2) is 24.3 Å². The number of aliphatic hydroxyl groups excluding tert-OH is 1. The first kappa shape index (κ1) is 12.4. The van der Waals surface area contributed by atoms with Crippen LogP contribution in [-0.4, -0.2) is 36.8 Å². The highest BCUT2D eigenvalue weighted by atomic mass is 16.5. The Morgan fingerprint density at radius 2 is 2.39 bits per heavy atom. The molecule has 6 heteroatoms. The van der Waals surface area contributed by atoms with Crippen molar-refractivity contribution in [3.8, 4) is 5.75 Å². The summed E-state index contributed by atoms with van der Waals surface area (Å²) in [6.07, 6.45) is -0.0355. The van der Waals surface area contributed by atoms with Gasteiger partial charge in [-0.2, -0.15) is 0 Å². The summed E-state index contributed by atoms with van der Waals surface area (Å²) in [5.41, 5.74) is 0.728. The predicted molar refractivity (Wildman–Crippen MR) is 64.1 cm³/mol. The topological polar surface area (TPSA) is 78.9 Å². The van der Waals surface area contributed by atoms with Gasteiger partial charge in [-0.1, -0.05) is 6.07 Å². The summed E-state index contributed by atoms with van der Waals surface area (Å²) in [7, 11) is 0. The molecule has 1 aromatic rings. The molecule has 2 rings (SSSR count). The monoisotopic (exact) mass is 250 g/mol. The molecule has 1 amide bonds. The SMILES string of the molecule is O=CCOc1cccc(N2CCC(=O)NC2O)c1. The molecule has 1 saturated heterocycles. The van der Waals surface area contributed by atoms with Gasteiger partial charge in [-0.3, -0.25) is 9.59 Å². The van der Waals surface area contributed by atoms with Crippen molar-refractivity contribution in [2.45, 2.75) is 12.8 Å². The van der Waals surface area contributed by atoms with Crippen molar-refractivity contribution in [2.75, 3.05) is 18.1 Å². The zero-order valence-electron chi connectivity index (χ0n) is 9.70. The number of benzene rings is 1. The summed E-state index contributed by atoms with van der Waals surface area (Å²) < 4.78 is 5.18. The maximum atomic E-state index is 11.1. The number of carbonyl (C=O) groups excluding carboxylic acids is 2. The van der Waals surface area contributed by atoms with Gasteiger partial charge in [0.1, 0.15) is 12.4 Å². The molecule has 0 saturated carbocycles. The van der Waals surface area contributed by atoms with E-state index in [1.54, 1.807) is 29.2 Å². The highest BCUT2D eigenvalue weighted by Crippen LogP contribution is 2.23. The number of hydrogen-bond donors (Lipinski definition) is 2. The van der Waals surface area contributed by atoms with Crippen molar-refractivity contribution in [1.82, 2.24) is 5.32 Å². The molecule has 6 nitrogen and oxygen atoms in total. The molecule has 1 atom stereocenters. The number of anilines is 1. The summed E-state index contributed by atoms with van der Waals surface area (Å²) >= 11 is 0. The van der Waals surface area contributed by atoms with Crippen LogP contribution in [0, 0.1) is 0 Å². The van der Waals surface area contributed by atoms with E-state index < -0.39 is 6.35 Å². The van der Waals surface area contributed by atoms with Crippen LogP contribution < -0.4 is 15.0 Å². The smallest absolute Gasteiger partial charge is 0.225 e. The first-order valence-electron chi connectivity index (χ1n) is 5.61. The summed E-state index contributed by atoms with van der Waals surface area (Å²) in [6, 6.07) is 7.00. The van der Waals surface area contributed by atoms with Gasteiger partial charge in [-0.05, 0) is 12.1 Å². The Morgan fingerprint density at radius 3 is 3.11 bits per heavy atom. The fourth-order valence-electron chi connectivity index (χ4n) is 1.79. The van der Waals surface area contributed by atoms with Gasteiger partial charge >= 0.3 is 0 Å². The van der Waals surface area contributed by atoms with Crippen molar-refractivity contribution < 1.29 is 19.4 Å². The van der Waals surface area contributed by atoms with E-state index in [9.17, 15) is 14.7 Å². The van der Waals surface area contributed by atoms with Gasteiger partial charge in [0.2, 0.25) is 12.3 Å². The van der Waals surface area contributed by atoms with E-state index in [4.69, 9.17) is 4.74 Å². The Morgan fingerprint density at radius 1 is 1.56 bits per heavy atom. The van der Waals surface area contributed by atoms with E-state index in [2.05, 4.69) is 5.32 Å². The molecule has 1 aromatic carbocycles. The Bertz CT molecular complexity index is 449. The first-order chi connectivity index (χ1) is 8.70. The zero-order valence-corrected chi connectivity index (χ0v) is 9.70. The largest absolute Gasteiger partial charge is 0.486 e. The Hall–Kier alpha value is -2.08. The normalized spacial score (nSPS) is 19.3. The Labute approximate surface area is 104 Å². The number of amides is 1. The predicted octanol–water partition coefficient (Wildman–Crippen LogP) is -0.134. The van der Waals surface area contributed by atoms with Crippen molar-refractivity contribution in [2.24, 2.45) is 0 Å². The number of ether oxygens (including phenoxy) is 1. The highest BCUT2D eigenvalue weighted by Gasteiger charge is 2.24. The standard InChI is InChI=1S/C12H14N2O4/c15-6-7-18-10-3-1-2-9(8-10)14-5-4-11(16)13-12(14)17/h1-3,6,8,12,17H,4-5,7H2,(H,13,16). The number of aldehydes is 1. The molecule has 0 spiro atoms. The minimum Gasteiger partial charge on any atom is -0.486 e. The molecule has 2 N–H and O–H groups in total. The van der Waals surface area contributed by atoms with Crippen molar-refractivity contribution in [3.05, 3.63) is 24.3 Å². The van der Waals surface area contributed by atoms with Crippen LogP contribution in [0.1, 0.15) is 6.42 Å². The molecule has 18 heavy (non-hydrogen) atoms. The summed E-state index contributed by atoms with van der Waals surface area (Å²) in [5.74, 6) is 0.371. The molecule has 0 radical (unpaired) electrons. The third-order valence-corrected chi connectivity index (χ3v) is 2.63. The number of hydrogen-bond acceptors (Lipinski definition) is 5. The third kappa shape index (κ3) is 2.78. The Kier molecular flexibility index (Phi) is 3.78. The van der Waals surface area contributed by atoms with Gasteiger partial charge in [0.25, 0.3) is 0 Å². The average Bonchev–Trinajstić information content (AvgIpc) is 2.36. The fraction of sp³-hybridized carbons (Fsp3) is 0.333. The van der Waals surface area contributed by atoms with Crippen LogP contribution in [-0.2, 0) is 9.59 Å². The average molecular weight is 250 g/mol. The molecule has 0 aromatic heterocycles. The van der Waals surface area contributed by atoms with E-state index in [1.165, 1.54) is 0 Å². The maximum Gasteiger partial charge on any atom is 0.225 e. The molecule has 1 unspecified atom stereocenters. The number of nitrogens with one attached hydrogen (secondary N) is 1. The van der Waals surface area contributed by atoms with Gasteiger partial charge < -0.3 is 20.1 Å². The van der Waals surface area contributed by atoms with Crippen LogP contribution in [0.2, 0.25) is 0 Å². The molecule has 1 aliphatic heterocycles. The first-order valence-corrected chi connectivity index (χ1v) is 5.61. The highest BCUT2D eigenvalue weighted by molar-refractivity contribution is 5.78. The minimum atomic E-state index is -1.03. The van der Waals surface area contributed by atoms with E-state index in [0.717, 1.165) is 5.69 Å². The van der Waals surface area contributed by atoms with Crippen molar-refractivity contribution >= 4 is 17.9 Å². The minimum absolute atomic E-state index is 0.0112. The lowest BCUT2D eigenvalue weighted by Gasteiger charge is -2.34. The number of aliphatic hydroxyl groups is 1. The van der Waals surface area contributed by atoms with Crippen molar-refractivity contribution in [1.29, 1.82) is 0 Å². The van der Waals surface area contributed by atoms with Gasteiger partial charge in [0, 0.05) is 24.7 Å². The lowest BCUT2D eigenvalue weighted by Crippen LogP contribution is -2.54. The van der Waals surface area contributed by atoms with E-state index in [-0.39, 0.29) is 12.5 Å². The number of rotatable bonds is 4. The quantitative estimate of drug-likeness (QED) is 0.727. The van der Waals surface area contributed by atoms with Gasteiger partial charge in [-0.15, -0.1) is 0 Å². The van der Waals surface area contributed by atoms with Crippen LogP contribution in [0.3, 0.4) is 0 Å². The van der Waals surface area contributed by atoms with Crippen LogP contribution >= 0.6 is 0 Å². The fourth-order valence-corrected chi connectivity index (χ4v) is 1.79. The molecule has 0 bridgehead atoms. The molecular formula is C12H14N2O4. The van der Waals surface area contributed by atoms with Crippen molar-refractivity contribution in [3.63, 3.8) is 0 Å². The van der Waals surface area contributed by atoms with Crippen LogP contribution in [0.5, 0.6) is 5.75 Å². The summed E-state index contributed by atoms with van der Waals surface area (Å²) in [5, 5.41) is 12.2. The number of carbonyl (C=O) groups is 2. The van der Waals surface area contributed by atoms with Gasteiger partial charge in [-0.25, -0.2) is 0 Å². The molecule has 1 fully saturated rings. The second kappa shape index (κ2) is 5.50. The van der Waals surface area contributed by atoms with E-state index in [0.29, 0.717) is 25.0 Å². The molecule has 1 heterocycles. The molecule has 0 aliphatic carbocycles. The van der Waals surface area contributed by atoms with Crippen LogP contribution in [0.25, 0.3) is 0 Å². The van der Waals surface area contributed by atoms with Crippen LogP contribution in [0.4, 0.5) is 5.69 Å². The van der Waals surface area contributed by atoms with E-state index in [1.807, 2.05) is 0 Å². The second-order valence-electron chi connectivity index (χ2n) is 3.86. The van der Waals surface area contributed by atoms with E-state index >= 15 is 0 Å². The Balaban J connectivity index is 2.12. The lowest BCUT2D eigenvalue weighted by atomic mass is 10.2. The van der Waals surface area contributed by atoms with Gasteiger partial charge in [0.15, 0.2) is 6.29 Å². The third-order valence-electron chi connectivity index (χ3n) is 2.63. The second-order valence-corrected chi connectivity index (χ2v) is 3.86. The summed E-state index contributed by atoms with van der Waals surface area (Å²) in [4.78, 5) is 23.0. The molecular weight excluding hydrogens is 236 g/mol. The number of nitrogens with zero attached hydrogens (tertiary/aromatic N) is 1. The molecule has 96 valence electrons. The molecule has 1 aliphatic rings. The lowest BCUT2D eigenvalue weighted by molar-refractivity contribution is -0.125. The maximum absolute atomic E-state index is 11.1.